The predicted molar refractivity (Wildman–Crippen MR) is 29.5 cm³/mol. The number of hydrogen-bond donors (Lipinski definition) is 5. The molecule has 0 heterocycles. The van der Waals surface area contributed by atoms with Gasteiger partial charge in [0.2, 0.25) is 0 Å². The third-order valence-electron chi connectivity index (χ3n) is 0. The molecular weight excluding hydrogens is 106 g/mol. The molecule has 0 unspecified atom stereocenters. The first kappa shape index (κ1) is 9.13. The zero-order valence-electron chi connectivity index (χ0n) is 2.55. The minimum atomic E-state index is 2.14. The van der Waals surface area contributed by atoms with Crippen molar-refractivity contribution in [3.05, 3.63) is 0 Å². The molecule has 0 aromatic heterocycles. The Hall–Kier alpha value is 0.580. The summed E-state index contributed by atoms with van der Waals surface area (Å²) in [5.74, 6) is 8.00. The van der Waals surface area contributed by atoms with E-state index >= 15 is 0 Å². The smallest absolute Gasteiger partial charge is 0.0891 e. The van der Waals surface area contributed by atoms with Crippen molar-refractivity contribution < 1.29 is 0 Å². The van der Waals surface area contributed by atoms with E-state index in [-0.39, 0.29) is 0 Å². The molecule has 5 heavy (non-hydrogen) atoms. The number of nitrogens with one attached hydrogen (secondary N) is 1. The maximum absolute atomic E-state index is 4.00. The molecule has 34 valence electrons. The monoisotopic (exact) mass is 113 g/mol. The zero-order chi connectivity index (χ0) is 4.71. The first-order valence-corrected chi connectivity index (χ1v) is 1.67. The molecular formula is H7N3S2. The van der Waals surface area contributed by atoms with Crippen LogP contribution >= 0.6 is 25.6 Å². The van der Waals surface area contributed by atoms with E-state index in [2.05, 4.69) is 41.4 Å². The van der Waals surface area contributed by atoms with Crippen molar-refractivity contribution in [2.45, 2.75) is 0 Å². The van der Waals surface area contributed by atoms with Gasteiger partial charge >= 0.3 is 0 Å². The Bertz CT molecular complexity index is 4.85. The van der Waals surface area contributed by atoms with Crippen molar-refractivity contribution in [1.29, 1.82) is 0 Å². The molecule has 0 aliphatic heterocycles. The van der Waals surface area contributed by atoms with Crippen molar-refractivity contribution in [3.8, 4) is 0 Å². The van der Waals surface area contributed by atoms with Crippen LogP contribution in [0.3, 0.4) is 0 Å². The highest BCUT2D eigenvalue weighted by molar-refractivity contribution is 7.94. The summed E-state index contributed by atoms with van der Waals surface area (Å²) < 4.78 is 2.14. The molecule has 0 saturated heterocycles. The van der Waals surface area contributed by atoms with Gasteiger partial charge in [0.1, 0.15) is 0 Å². The van der Waals surface area contributed by atoms with Crippen molar-refractivity contribution in [2.75, 3.05) is 0 Å². The summed E-state index contributed by atoms with van der Waals surface area (Å²) in [5.41, 5.74) is 0. The SMILES string of the molecule is NN.SNS. The number of thiol groups is 2. The van der Waals surface area contributed by atoms with Gasteiger partial charge in [0.25, 0.3) is 0 Å². The van der Waals surface area contributed by atoms with Crippen LogP contribution in [0, 0.1) is 0 Å². The fourth-order valence-corrected chi connectivity index (χ4v) is 0. The summed E-state index contributed by atoms with van der Waals surface area (Å²) in [6.45, 7) is 0. The maximum Gasteiger partial charge on any atom is -0.0891 e. The van der Waals surface area contributed by atoms with Gasteiger partial charge in [-0.2, -0.15) is 0 Å². The quantitative estimate of drug-likeness (QED) is 0.160. The summed E-state index contributed by atoms with van der Waals surface area (Å²) in [6, 6.07) is 0. The van der Waals surface area contributed by atoms with Gasteiger partial charge in [-0.1, -0.05) is 25.6 Å². The zero-order valence-corrected chi connectivity index (χ0v) is 4.34. The van der Waals surface area contributed by atoms with Gasteiger partial charge < -0.3 is 0 Å². The Morgan fingerprint density at radius 1 is 1.20 bits per heavy atom. The second kappa shape index (κ2) is 23.5. The number of hydrazine groups is 1. The Balaban J connectivity index is 0. The lowest BCUT2D eigenvalue weighted by Gasteiger charge is -1.57. The Kier molecular flexibility index (Phi) is 42.9. The van der Waals surface area contributed by atoms with E-state index in [0.717, 1.165) is 0 Å². The molecule has 0 saturated carbocycles. The van der Waals surface area contributed by atoms with E-state index < -0.39 is 0 Å². The van der Waals surface area contributed by atoms with Crippen LogP contribution < -0.4 is 15.8 Å². The molecule has 0 aliphatic rings. The maximum atomic E-state index is 4.00. The third-order valence-corrected chi connectivity index (χ3v) is 0. The fraction of sp³-hybridized carbons (Fsp3) is 0. The number of rotatable bonds is 0. The highest BCUT2D eigenvalue weighted by Gasteiger charge is 1.26. The van der Waals surface area contributed by atoms with Gasteiger partial charge in [-0.3, -0.25) is 11.7 Å². The van der Waals surface area contributed by atoms with Crippen LogP contribution in [0.1, 0.15) is 0 Å². The average Bonchev–Trinajstić information content (AvgIpc) is 1.46. The van der Waals surface area contributed by atoms with E-state index in [1.165, 1.54) is 0 Å². The van der Waals surface area contributed by atoms with Crippen LogP contribution in [0.2, 0.25) is 0 Å². The van der Waals surface area contributed by atoms with Gasteiger partial charge in [-0.05, 0) is 0 Å². The van der Waals surface area contributed by atoms with Gasteiger partial charge in [-0.25, -0.2) is 4.13 Å². The summed E-state index contributed by atoms with van der Waals surface area (Å²) in [7, 11) is 0. The largest absolute Gasteiger partial charge is 0.274 e. The lowest BCUT2D eigenvalue weighted by molar-refractivity contribution is 1.26. The normalized spacial score (nSPS) is 4.80. The van der Waals surface area contributed by atoms with E-state index in [1.54, 1.807) is 0 Å². The molecule has 5 heteroatoms. The highest BCUT2D eigenvalue weighted by Crippen LogP contribution is 1.54. The van der Waals surface area contributed by atoms with Crippen LogP contribution in [-0.4, -0.2) is 0 Å². The molecule has 0 aromatic rings. The van der Waals surface area contributed by atoms with E-state index in [4.69, 9.17) is 0 Å². The molecule has 3 nitrogen and oxygen atoms in total. The van der Waals surface area contributed by atoms with Crippen molar-refractivity contribution in [2.24, 2.45) is 11.7 Å². The van der Waals surface area contributed by atoms with E-state index in [0.29, 0.717) is 0 Å². The minimum Gasteiger partial charge on any atom is -0.274 e. The predicted octanol–water partition coefficient (Wildman–Crippen LogP) is -0.916. The molecule has 0 spiro atoms. The summed E-state index contributed by atoms with van der Waals surface area (Å²) in [4.78, 5) is 0. The molecule has 0 bridgehead atoms. The van der Waals surface area contributed by atoms with Crippen molar-refractivity contribution in [3.63, 3.8) is 0 Å². The average molecular weight is 113 g/mol. The van der Waals surface area contributed by atoms with E-state index in [1.807, 2.05) is 0 Å². The van der Waals surface area contributed by atoms with Crippen molar-refractivity contribution in [1.82, 2.24) is 4.13 Å². The molecule has 0 amide bonds. The molecule has 0 atom stereocenters. The summed E-state index contributed by atoms with van der Waals surface area (Å²) in [6.07, 6.45) is 0. The highest BCUT2D eigenvalue weighted by atomic mass is 32.2. The van der Waals surface area contributed by atoms with E-state index in [9.17, 15) is 0 Å². The van der Waals surface area contributed by atoms with Gasteiger partial charge in [0, 0.05) is 0 Å². The number of hydrogen-bond acceptors (Lipinski definition) is 5. The molecule has 0 radical (unpaired) electrons. The molecule has 0 aliphatic carbocycles. The van der Waals surface area contributed by atoms with Gasteiger partial charge in [-0.15, -0.1) is 0 Å². The summed E-state index contributed by atoms with van der Waals surface area (Å²) in [5, 5.41) is 0. The van der Waals surface area contributed by atoms with Crippen LogP contribution in [0.4, 0.5) is 0 Å². The Morgan fingerprint density at radius 2 is 1.20 bits per heavy atom. The van der Waals surface area contributed by atoms with Crippen LogP contribution in [0.15, 0.2) is 0 Å². The standard InChI is InChI=1S/H4N2.H3NS2/c1-2;2-1-3/h1-2H2;1-3H. The van der Waals surface area contributed by atoms with Gasteiger partial charge in [0.15, 0.2) is 0 Å². The molecule has 0 aromatic carbocycles. The Morgan fingerprint density at radius 3 is 1.20 bits per heavy atom. The topological polar surface area (TPSA) is 64.1 Å². The van der Waals surface area contributed by atoms with Crippen LogP contribution in [0.5, 0.6) is 0 Å². The summed E-state index contributed by atoms with van der Waals surface area (Å²) >= 11 is 6.81. The van der Waals surface area contributed by atoms with Crippen LogP contribution in [-0.2, 0) is 0 Å². The molecule has 0 fully saturated rings. The van der Waals surface area contributed by atoms with Crippen molar-refractivity contribution >= 4 is 25.6 Å². The molecule has 5 N–H and O–H groups in total. The molecule has 0 rings (SSSR count). The lowest BCUT2D eigenvalue weighted by atomic mass is 13.0. The second-order valence-corrected chi connectivity index (χ2v) is 0.900. The van der Waals surface area contributed by atoms with Crippen LogP contribution in [0.25, 0.3) is 0 Å². The van der Waals surface area contributed by atoms with Gasteiger partial charge in [0.05, 0.1) is 0 Å². The fourth-order valence-electron chi connectivity index (χ4n) is 0. The number of nitrogens with two attached hydrogens (primary N) is 2. The first-order valence-electron chi connectivity index (χ1n) is 0.781. The second-order valence-electron chi connectivity index (χ2n) is 0.100. The first-order chi connectivity index (χ1) is 2.41. The minimum absolute atomic E-state index is 2.14. The third kappa shape index (κ3) is 90.6. The lowest BCUT2D eigenvalue weighted by Crippen LogP contribution is -2.02. The Labute approximate surface area is 42.2 Å².